The van der Waals surface area contributed by atoms with Crippen LogP contribution in [0.25, 0.3) is 5.65 Å². The van der Waals surface area contributed by atoms with E-state index in [0.29, 0.717) is 17.8 Å². The van der Waals surface area contributed by atoms with Crippen LogP contribution in [0.15, 0.2) is 89.9 Å². The van der Waals surface area contributed by atoms with Crippen LogP contribution < -0.4 is 10.5 Å². The van der Waals surface area contributed by atoms with E-state index in [4.69, 9.17) is 9.82 Å². The maximum atomic E-state index is 13.7. The summed E-state index contributed by atoms with van der Waals surface area (Å²) in [7, 11) is 1.93. The van der Waals surface area contributed by atoms with Crippen molar-refractivity contribution < 1.29 is 4.84 Å². The summed E-state index contributed by atoms with van der Waals surface area (Å²) in [4.78, 5) is 27.3. The number of hydrogen-bond donors (Lipinski definition) is 0. The summed E-state index contributed by atoms with van der Waals surface area (Å²) in [5.41, 5.74) is 3.66. The first-order valence-corrected chi connectivity index (χ1v) is 11.0. The van der Waals surface area contributed by atoms with Gasteiger partial charge in [-0.1, -0.05) is 66.7 Å². The molecule has 4 aromatic rings. The van der Waals surface area contributed by atoms with Crippen LogP contribution >= 0.6 is 0 Å². The highest BCUT2D eigenvalue weighted by Crippen LogP contribution is 2.50. The molecule has 6 nitrogen and oxygen atoms in total. The Morgan fingerprint density at radius 2 is 1.69 bits per heavy atom. The quantitative estimate of drug-likeness (QED) is 0.498. The highest BCUT2D eigenvalue weighted by Gasteiger charge is 2.49. The van der Waals surface area contributed by atoms with Gasteiger partial charge in [0.1, 0.15) is 17.6 Å². The summed E-state index contributed by atoms with van der Waals surface area (Å²) in [5, 5.41) is 1.86. The summed E-state index contributed by atoms with van der Waals surface area (Å²) in [6, 6.07) is 26.1. The molecule has 1 fully saturated rings. The van der Waals surface area contributed by atoms with E-state index in [1.807, 2.05) is 66.7 Å². The van der Waals surface area contributed by atoms with Gasteiger partial charge in [-0.3, -0.25) is 14.0 Å². The first kappa shape index (κ1) is 19.2. The number of hydroxylamine groups is 2. The monoisotopic (exact) mass is 424 g/mol. The number of nitrogens with zero attached hydrogens (tertiary/aromatic N) is 4. The molecule has 3 atom stereocenters. The highest BCUT2D eigenvalue weighted by atomic mass is 16.7. The Labute approximate surface area is 186 Å². The van der Waals surface area contributed by atoms with E-state index >= 15 is 0 Å². The van der Waals surface area contributed by atoms with Gasteiger partial charge < -0.3 is 4.90 Å². The molecule has 0 aliphatic carbocycles. The molecule has 6 heteroatoms. The predicted molar refractivity (Wildman–Crippen MR) is 123 cm³/mol. The fourth-order valence-electron chi connectivity index (χ4n) is 5.18. The number of rotatable bonds is 3. The van der Waals surface area contributed by atoms with Crippen LogP contribution in [-0.4, -0.2) is 28.0 Å². The molecule has 1 saturated heterocycles. The van der Waals surface area contributed by atoms with Crippen molar-refractivity contribution in [3.05, 3.63) is 112 Å². The minimum atomic E-state index is -0.153. The molecule has 0 N–H and O–H groups in total. The average Bonchev–Trinajstić information content (AvgIpc) is 3.16. The Balaban J connectivity index is 1.53. The lowest BCUT2D eigenvalue weighted by Gasteiger charge is -2.38. The zero-order chi connectivity index (χ0) is 21.7. The van der Waals surface area contributed by atoms with Crippen molar-refractivity contribution in [3.8, 4) is 0 Å². The molecule has 0 unspecified atom stereocenters. The predicted octanol–water partition coefficient (Wildman–Crippen LogP) is 3.99. The van der Waals surface area contributed by atoms with Crippen molar-refractivity contribution in [2.45, 2.75) is 18.7 Å². The second-order valence-corrected chi connectivity index (χ2v) is 8.54. The van der Waals surface area contributed by atoms with Crippen LogP contribution in [0.4, 0.5) is 5.82 Å². The van der Waals surface area contributed by atoms with Gasteiger partial charge in [-0.2, -0.15) is 5.06 Å². The van der Waals surface area contributed by atoms with Crippen molar-refractivity contribution in [2.75, 3.05) is 18.5 Å². The Kier molecular flexibility index (Phi) is 4.56. The smallest absolute Gasteiger partial charge is 0.264 e. The summed E-state index contributed by atoms with van der Waals surface area (Å²) in [6.45, 7) is 1.45. The fraction of sp³-hybridized carbons (Fsp3) is 0.231. The van der Waals surface area contributed by atoms with Crippen LogP contribution in [0.2, 0.25) is 0 Å². The molecule has 0 radical (unpaired) electrons. The van der Waals surface area contributed by atoms with Crippen LogP contribution in [0.1, 0.15) is 28.8 Å². The van der Waals surface area contributed by atoms with Gasteiger partial charge in [0.2, 0.25) is 0 Å². The van der Waals surface area contributed by atoms with Crippen molar-refractivity contribution in [1.29, 1.82) is 0 Å². The van der Waals surface area contributed by atoms with Gasteiger partial charge in [-0.15, -0.1) is 0 Å². The maximum Gasteiger partial charge on any atom is 0.264 e. The summed E-state index contributed by atoms with van der Waals surface area (Å²) >= 11 is 0. The molecule has 32 heavy (non-hydrogen) atoms. The van der Waals surface area contributed by atoms with Gasteiger partial charge in [-0.25, -0.2) is 4.98 Å². The number of pyridine rings is 1. The second kappa shape index (κ2) is 7.58. The topological polar surface area (TPSA) is 50.1 Å². The van der Waals surface area contributed by atoms with Gasteiger partial charge in [0, 0.05) is 32.3 Å². The molecule has 0 spiro atoms. The Hall–Kier alpha value is -3.48. The molecule has 2 aliphatic heterocycles. The highest BCUT2D eigenvalue weighted by molar-refractivity contribution is 5.57. The average molecular weight is 425 g/mol. The number of benzene rings is 2. The molecule has 6 rings (SSSR count). The van der Waals surface area contributed by atoms with Gasteiger partial charge >= 0.3 is 0 Å². The SMILES string of the molecule is CN1O[C@H](c2ccccc2)[C@H]2CN(Cc3ccccc3)c3nc4ccccn4c(=O)c3[C@H]21. The molecule has 2 aromatic carbocycles. The molecule has 0 bridgehead atoms. The van der Waals surface area contributed by atoms with Crippen LogP contribution in [0.3, 0.4) is 0 Å². The van der Waals surface area contributed by atoms with Crippen molar-refractivity contribution in [1.82, 2.24) is 14.4 Å². The van der Waals surface area contributed by atoms with E-state index < -0.39 is 0 Å². The minimum Gasteiger partial charge on any atom is -0.351 e. The van der Waals surface area contributed by atoms with Crippen LogP contribution in [-0.2, 0) is 11.4 Å². The third-order valence-corrected chi connectivity index (χ3v) is 6.59. The molecule has 2 aliphatic rings. The second-order valence-electron chi connectivity index (χ2n) is 8.54. The number of aromatic nitrogens is 2. The molecule has 160 valence electrons. The van der Waals surface area contributed by atoms with Crippen LogP contribution in [0, 0.1) is 5.92 Å². The van der Waals surface area contributed by atoms with Gasteiger partial charge in [-0.05, 0) is 23.3 Å². The summed E-state index contributed by atoms with van der Waals surface area (Å²) in [6.07, 6.45) is 1.68. The van der Waals surface area contributed by atoms with Crippen molar-refractivity contribution >= 4 is 11.5 Å². The van der Waals surface area contributed by atoms with Gasteiger partial charge in [0.15, 0.2) is 0 Å². The van der Waals surface area contributed by atoms with Crippen molar-refractivity contribution in [2.24, 2.45) is 5.92 Å². The molecule has 0 saturated carbocycles. The third-order valence-electron chi connectivity index (χ3n) is 6.59. The first-order chi connectivity index (χ1) is 15.7. The molecular formula is C26H24N4O2. The van der Waals surface area contributed by atoms with E-state index in [9.17, 15) is 4.79 Å². The molecule has 2 aromatic heterocycles. The lowest BCUT2D eigenvalue weighted by molar-refractivity contribution is -0.146. The minimum absolute atomic E-state index is 0.0254. The van der Waals surface area contributed by atoms with E-state index in [1.54, 1.807) is 10.6 Å². The van der Waals surface area contributed by atoms with Gasteiger partial charge in [0.25, 0.3) is 5.56 Å². The van der Waals surface area contributed by atoms with Crippen LogP contribution in [0.5, 0.6) is 0 Å². The van der Waals surface area contributed by atoms with E-state index in [0.717, 1.165) is 17.9 Å². The zero-order valence-electron chi connectivity index (χ0n) is 17.8. The number of hydrogen-bond acceptors (Lipinski definition) is 5. The van der Waals surface area contributed by atoms with E-state index in [1.165, 1.54) is 5.56 Å². The lowest BCUT2D eigenvalue weighted by atomic mass is 9.83. The Bertz CT molecular complexity index is 1320. The summed E-state index contributed by atoms with van der Waals surface area (Å²) in [5.74, 6) is 0.866. The Morgan fingerprint density at radius 1 is 0.969 bits per heavy atom. The Morgan fingerprint density at radius 3 is 2.47 bits per heavy atom. The molecular weight excluding hydrogens is 400 g/mol. The standard InChI is InChI=1S/C26H24N4O2/c1-28-23-20(24(32-28)19-12-6-3-7-13-19)17-29(16-18-10-4-2-5-11-18)25-22(23)26(31)30-15-9-8-14-21(30)27-25/h2-15,20,23-24H,16-17H2,1H3/t20-,23-,24+/m0/s1. The molecule has 0 amide bonds. The third kappa shape index (κ3) is 3.03. The first-order valence-electron chi connectivity index (χ1n) is 11.0. The fourth-order valence-corrected chi connectivity index (χ4v) is 5.18. The largest absolute Gasteiger partial charge is 0.351 e. The number of anilines is 1. The van der Waals surface area contributed by atoms with E-state index in [-0.39, 0.29) is 23.6 Å². The molecule has 4 heterocycles. The lowest BCUT2D eigenvalue weighted by Crippen LogP contribution is -2.43. The normalized spacial score (nSPS) is 22.7. The maximum absolute atomic E-state index is 13.7. The van der Waals surface area contributed by atoms with Gasteiger partial charge in [0.05, 0.1) is 11.6 Å². The summed E-state index contributed by atoms with van der Waals surface area (Å²) < 4.78 is 1.64. The van der Waals surface area contributed by atoms with E-state index in [2.05, 4.69) is 29.2 Å². The zero-order valence-corrected chi connectivity index (χ0v) is 17.8. The number of fused-ring (bicyclic) bond motifs is 4. The van der Waals surface area contributed by atoms with Crippen molar-refractivity contribution in [3.63, 3.8) is 0 Å².